The van der Waals surface area contributed by atoms with Crippen LogP contribution in [0.4, 0.5) is 11.4 Å². The van der Waals surface area contributed by atoms with Gasteiger partial charge in [-0.1, -0.05) is 76.2 Å². The van der Waals surface area contributed by atoms with E-state index in [2.05, 4.69) is 0 Å². The van der Waals surface area contributed by atoms with Crippen LogP contribution in [0.15, 0.2) is 48.5 Å². The van der Waals surface area contributed by atoms with Crippen molar-refractivity contribution in [2.75, 3.05) is 23.9 Å². The van der Waals surface area contributed by atoms with Crippen LogP contribution in [0.2, 0.25) is 20.1 Å². The van der Waals surface area contributed by atoms with Gasteiger partial charge in [-0.05, 0) is 36.8 Å². The smallest absolute Gasteiger partial charge is 0.264 e. The zero-order chi connectivity index (χ0) is 26.0. The molecule has 0 saturated carbocycles. The third-order valence-corrected chi connectivity index (χ3v) is 8.34. The van der Waals surface area contributed by atoms with E-state index in [1.54, 1.807) is 4.90 Å². The summed E-state index contributed by atoms with van der Waals surface area (Å²) in [4.78, 5) is 45.1. The monoisotopic (exact) mass is 561 g/mol. The van der Waals surface area contributed by atoms with Crippen molar-refractivity contribution < 1.29 is 14.4 Å². The second-order valence-electron chi connectivity index (χ2n) is 8.91. The maximum atomic E-state index is 13.6. The van der Waals surface area contributed by atoms with Gasteiger partial charge in [0.1, 0.15) is 6.04 Å². The van der Waals surface area contributed by atoms with Gasteiger partial charge in [0.25, 0.3) is 17.7 Å². The Morgan fingerprint density at radius 1 is 0.667 bits per heavy atom. The van der Waals surface area contributed by atoms with Crippen molar-refractivity contribution >= 4 is 75.5 Å². The molecule has 3 aromatic carbocycles. The summed E-state index contributed by atoms with van der Waals surface area (Å²) in [6, 6.07) is 13.3. The number of carbonyl (C=O) groups is 3. The van der Waals surface area contributed by atoms with Crippen LogP contribution in [0.3, 0.4) is 0 Å². The molecule has 0 N–H and O–H groups in total. The first-order chi connectivity index (χ1) is 17.0. The maximum Gasteiger partial charge on any atom is 0.264 e. The van der Waals surface area contributed by atoms with Gasteiger partial charge in [-0.25, -0.2) is 0 Å². The molecule has 0 bridgehead atoms. The summed E-state index contributed by atoms with van der Waals surface area (Å²) in [5, 5.41) is -0.587. The summed E-state index contributed by atoms with van der Waals surface area (Å²) in [6.45, 7) is 1.95. The van der Waals surface area contributed by atoms with Crippen molar-refractivity contribution in [3.8, 4) is 0 Å². The van der Waals surface area contributed by atoms with Gasteiger partial charge in [-0.3, -0.25) is 19.3 Å². The summed E-state index contributed by atoms with van der Waals surface area (Å²) in [5.74, 6) is -1.88. The second kappa shape index (κ2) is 8.96. The summed E-state index contributed by atoms with van der Waals surface area (Å²) in [6.07, 6.45) is 0. The van der Waals surface area contributed by atoms with Crippen LogP contribution in [0, 0.1) is 6.92 Å². The van der Waals surface area contributed by atoms with Gasteiger partial charge in [-0.15, -0.1) is 0 Å². The highest BCUT2D eigenvalue weighted by atomic mass is 35.5. The van der Waals surface area contributed by atoms with E-state index >= 15 is 0 Å². The lowest BCUT2D eigenvalue weighted by Crippen LogP contribution is -2.67. The van der Waals surface area contributed by atoms with Crippen molar-refractivity contribution in [2.45, 2.75) is 19.0 Å². The number of amides is 3. The zero-order valence-electron chi connectivity index (χ0n) is 19.4. The van der Waals surface area contributed by atoms with Crippen molar-refractivity contribution in [2.24, 2.45) is 0 Å². The van der Waals surface area contributed by atoms with Gasteiger partial charge in [-0.2, -0.15) is 0 Å². The van der Waals surface area contributed by atoms with Gasteiger partial charge >= 0.3 is 0 Å². The van der Waals surface area contributed by atoms with Gasteiger partial charge in [0, 0.05) is 25.5 Å². The molecule has 2 atom stereocenters. The molecule has 1 saturated heterocycles. The Morgan fingerprint density at radius 3 is 1.64 bits per heavy atom. The predicted octanol–water partition coefficient (Wildman–Crippen LogP) is 6.43. The molecule has 10 heteroatoms. The van der Waals surface area contributed by atoms with Crippen LogP contribution in [-0.4, -0.2) is 42.8 Å². The number of carbonyl (C=O) groups excluding carboxylic acids is 3. The van der Waals surface area contributed by atoms with E-state index in [1.165, 1.54) is 0 Å². The molecule has 3 aromatic rings. The second-order valence-corrected chi connectivity index (χ2v) is 10.4. The number of rotatable bonds is 4. The molecule has 184 valence electrons. The highest BCUT2D eigenvalue weighted by Crippen LogP contribution is 2.49. The van der Waals surface area contributed by atoms with Crippen molar-refractivity contribution in [3.63, 3.8) is 0 Å². The molecule has 0 radical (unpaired) electrons. The van der Waals surface area contributed by atoms with Crippen LogP contribution in [0.5, 0.6) is 0 Å². The van der Waals surface area contributed by atoms with Crippen LogP contribution >= 0.6 is 46.4 Å². The molecule has 36 heavy (non-hydrogen) atoms. The normalized spacial score (nSPS) is 19.0. The average molecular weight is 563 g/mol. The number of fused-ring (bicyclic) bond motifs is 1. The molecule has 0 spiro atoms. The van der Waals surface area contributed by atoms with E-state index < -0.39 is 29.8 Å². The Hall–Kier alpha value is -2.77. The molecule has 0 aliphatic carbocycles. The zero-order valence-corrected chi connectivity index (χ0v) is 22.4. The standard InChI is InChI=1S/C26H19Cl4N3O3/c1-12-4-8-15(9-5-12)32-22(13-6-10-14(11-7-13)31(2)3)23(26(32)36)33-24(34)16-17(25(33)35)19(28)21(30)20(29)18(16)27/h4-11,22-23H,1-3H3/t22-,23-/m0/s1. The number of benzene rings is 3. The first kappa shape index (κ1) is 24.9. The molecule has 5 rings (SSSR count). The third kappa shape index (κ3) is 3.58. The van der Waals surface area contributed by atoms with Crippen molar-refractivity contribution in [1.82, 2.24) is 4.90 Å². The lowest BCUT2D eigenvalue weighted by Gasteiger charge is -2.49. The minimum Gasteiger partial charge on any atom is -0.378 e. The number of hydrogen-bond donors (Lipinski definition) is 0. The Morgan fingerprint density at radius 2 is 1.17 bits per heavy atom. The molecule has 0 aromatic heterocycles. The number of nitrogens with zero attached hydrogens (tertiary/aromatic N) is 3. The fraction of sp³-hybridized carbons (Fsp3) is 0.192. The first-order valence-corrected chi connectivity index (χ1v) is 12.5. The Balaban J connectivity index is 1.62. The fourth-order valence-corrected chi connectivity index (χ4v) is 5.65. The van der Waals surface area contributed by atoms with Crippen LogP contribution < -0.4 is 9.80 Å². The Bertz CT molecular complexity index is 1390. The number of aryl methyl sites for hydroxylation is 1. The minimum atomic E-state index is -1.10. The third-order valence-electron chi connectivity index (χ3n) is 6.54. The SMILES string of the molecule is Cc1ccc(N2C(=O)[C@@H](N3C(=O)c4c(Cl)c(Cl)c(Cl)c(Cl)c4C3=O)[C@@H]2c2ccc(N(C)C)cc2)cc1. The predicted molar refractivity (Wildman–Crippen MR) is 143 cm³/mol. The Labute approximate surface area is 227 Å². The van der Waals surface area contributed by atoms with Crippen molar-refractivity contribution in [1.29, 1.82) is 0 Å². The van der Waals surface area contributed by atoms with Crippen molar-refractivity contribution in [3.05, 3.63) is 90.9 Å². The van der Waals surface area contributed by atoms with E-state index in [4.69, 9.17) is 46.4 Å². The average Bonchev–Trinajstić information content (AvgIpc) is 3.11. The summed E-state index contributed by atoms with van der Waals surface area (Å²) in [5.41, 5.74) is 3.12. The lowest BCUT2D eigenvalue weighted by atomic mass is 9.86. The molecular weight excluding hydrogens is 544 g/mol. The minimum absolute atomic E-state index is 0.123. The highest BCUT2D eigenvalue weighted by molar-refractivity contribution is 6.55. The van der Waals surface area contributed by atoms with E-state index in [1.807, 2.05) is 74.4 Å². The van der Waals surface area contributed by atoms with Gasteiger partial charge < -0.3 is 9.80 Å². The fourth-order valence-electron chi connectivity index (χ4n) is 4.64. The number of halogens is 4. The summed E-state index contributed by atoms with van der Waals surface area (Å²) >= 11 is 24.9. The largest absolute Gasteiger partial charge is 0.378 e. The Kier molecular flexibility index (Phi) is 6.20. The first-order valence-electron chi connectivity index (χ1n) is 11.0. The van der Waals surface area contributed by atoms with Gasteiger partial charge in [0.15, 0.2) is 0 Å². The molecule has 0 unspecified atom stereocenters. The van der Waals surface area contributed by atoms with Crippen LogP contribution in [-0.2, 0) is 4.79 Å². The summed E-state index contributed by atoms with van der Waals surface area (Å²) in [7, 11) is 3.84. The van der Waals surface area contributed by atoms with Gasteiger partial charge in [0.05, 0.1) is 37.3 Å². The van der Waals surface area contributed by atoms with Crippen LogP contribution in [0.1, 0.15) is 37.9 Å². The van der Waals surface area contributed by atoms with Crippen LogP contribution in [0.25, 0.3) is 0 Å². The number of hydrogen-bond acceptors (Lipinski definition) is 4. The van der Waals surface area contributed by atoms with E-state index in [-0.39, 0.29) is 31.2 Å². The molecule has 1 fully saturated rings. The summed E-state index contributed by atoms with van der Waals surface area (Å²) < 4.78 is 0. The number of β-lactam (4-membered cyclic amide) rings is 1. The van der Waals surface area contributed by atoms with E-state index in [9.17, 15) is 14.4 Å². The molecule has 2 aliphatic rings. The topological polar surface area (TPSA) is 60.9 Å². The molecule has 2 aliphatic heterocycles. The molecule has 2 heterocycles. The highest BCUT2D eigenvalue weighted by Gasteiger charge is 2.58. The molecular formula is C26H19Cl4N3O3. The quantitative estimate of drug-likeness (QED) is 0.159. The lowest BCUT2D eigenvalue weighted by molar-refractivity contribution is -0.130. The van der Waals surface area contributed by atoms with E-state index in [0.29, 0.717) is 5.69 Å². The number of anilines is 2. The molecule has 6 nitrogen and oxygen atoms in total. The van der Waals surface area contributed by atoms with Gasteiger partial charge in [0.2, 0.25) is 0 Å². The molecule has 3 amide bonds. The van der Waals surface area contributed by atoms with E-state index in [0.717, 1.165) is 21.7 Å². The number of imide groups is 1. The maximum absolute atomic E-state index is 13.6.